The summed E-state index contributed by atoms with van der Waals surface area (Å²) < 4.78 is 6.98. The van der Waals surface area contributed by atoms with Gasteiger partial charge in [-0.25, -0.2) is 4.68 Å². The van der Waals surface area contributed by atoms with Crippen molar-refractivity contribution in [1.82, 2.24) is 20.0 Å². The zero-order valence-corrected chi connectivity index (χ0v) is 19.2. The van der Waals surface area contributed by atoms with Crippen LogP contribution in [-0.2, 0) is 11.3 Å². The third-order valence-electron chi connectivity index (χ3n) is 5.13. The van der Waals surface area contributed by atoms with Gasteiger partial charge in [0, 0.05) is 30.9 Å². The van der Waals surface area contributed by atoms with E-state index in [1.165, 1.54) is 0 Å². The van der Waals surface area contributed by atoms with Gasteiger partial charge in [0.1, 0.15) is 11.4 Å². The number of benzene rings is 2. The molecule has 0 atom stereocenters. The Hall–Kier alpha value is -3.91. The van der Waals surface area contributed by atoms with Gasteiger partial charge in [-0.05, 0) is 41.8 Å². The van der Waals surface area contributed by atoms with Crippen LogP contribution in [0.2, 0.25) is 0 Å². The predicted molar refractivity (Wildman–Crippen MR) is 129 cm³/mol. The monoisotopic (exact) mass is 460 g/mol. The molecule has 0 aliphatic carbocycles. The number of carbonyl (C=O) groups excluding carboxylic acids is 2. The number of aromatic nitrogens is 2. The van der Waals surface area contributed by atoms with Crippen LogP contribution >= 0.6 is 11.3 Å². The lowest BCUT2D eigenvalue weighted by Gasteiger charge is -2.17. The largest absolute Gasteiger partial charge is 0.497 e. The van der Waals surface area contributed by atoms with Gasteiger partial charge in [-0.15, -0.1) is 11.3 Å². The minimum absolute atomic E-state index is 0.103. The van der Waals surface area contributed by atoms with Crippen molar-refractivity contribution in [2.75, 3.05) is 20.7 Å². The summed E-state index contributed by atoms with van der Waals surface area (Å²) >= 11 is 1.60. The van der Waals surface area contributed by atoms with E-state index in [1.807, 2.05) is 58.7 Å². The molecule has 2 amide bonds. The lowest BCUT2D eigenvalue weighted by Crippen LogP contribution is -2.37. The Morgan fingerprint density at radius 3 is 2.64 bits per heavy atom. The second-order valence-corrected chi connectivity index (χ2v) is 8.37. The molecular weight excluding hydrogens is 436 g/mol. The van der Waals surface area contributed by atoms with Crippen LogP contribution in [0.25, 0.3) is 16.3 Å². The quantitative estimate of drug-likeness (QED) is 0.431. The highest BCUT2D eigenvalue weighted by molar-refractivity contribution is 7.13. The average molecular weight is 461 g/mol. The molecule has 8 heteroatoms. The Labute approximate surface area is 196 Å². The molecule has 168 valence electrons. The van der Waals surface area contributed by atoms with Crippen molar-refractivity contribution in [3.63, 3.8) is 0 Å². The molecule has 2 aromatic carbocycles. The first-order valence-corrected chi connectivity index (χ1v) is 11.3. The van der Waals surface area contributed by atoms with E-state index in [2.05, 4.69) is 5.32 Å². The SMILES string of the molecule is COc1cccc(C(=O)NCC(=O)N(C)Cc2cn(-c3ccccc3)nc2-c2cccs2)c1. The summed E-state index contributed by atoms with van der Waals surface area (Å²) in [6, 6.07) is 20.7. The highest BCUT2D eigenvalue weighted by Crippen LogP contribution is 2.28. The van der Waals surface area contributed by atoms with Crippen molar-refractivity contribution < 1.29 is 14.3 Å². The summed E-state index contributed by atoms with van der Waals surface area (Å²) in [5.74, 6) is 0.0605. The van der Waals surface area contributed by atoms with Crippen LogP contribution in [0.5, 0.6) is 5.75 Å². The molecule has 4 aromatic rings. The van der Waals surface area contributed by atoms with E-state index in [0.717, 1.165) is 21.8 Å². The summed E-state index contributed by atoms with van der Waals surface area (Å²) in [6.45, 7) is 0.266. The minimum Gasteiger partial charge on any atom is -0.497 e. The predicted octanol–water partition coefficient (Wildman–Crippen LogP) is 4.00. The van der Waals surface area contributed by atoms with Gasteiger partial charge in [0.2, 0.25) is 5.91 Å². The number of hydrogen-bond acceptors (Lipinski definition) is 5. The summed E-state index contributed by atoms with van der Waals surface area (Å²) in [7, 11) is 3.26. The number of methoxy groups -OCH3 is 1. The van der Waals surface area contributed by atoms with E-state index in [0.29, 0.717) is 17.9 Å². The maximum Gasteiger partial charge on any atom is 0.251 e. The van der Waals surface area contributed by atoms with Crippen LogP contribution in [0, 0.1) is 0 Å². The van der Waals surface area contributed by atoms with E-state index >= 15 is 0 Å². The molecular formula is C25H24N4O3S. The Balaban J connectivity index is 1.46. The summed E-state index contributed by atoms with van der Waals surface area (Å²) in [5, 5.41) is 9.46. The first-order valence-electron chi connectivity index (χ1n) is 10.4. The molecule has 0 saturated carbocycles. The maximum atomic E-state index is 12.7. The number of ether oxygens (including phenoxy) is 1. The second-order valence-electron chi connectivity index (χ2n) is 7.42. The topological polar surface area (TPSA) is 76.5 Å². The molecule has 7 nitrogen and oxygen atoms in total. The molecule has 0 saturated heterocycles. The van der Waals surface area contributed by atoms with Crippen molar-refractivity contribution in [2.45, 2.75) is 6.54 Å². The number of nitrogens with zero attached hydrogens (tertiary/aromatic N) is 3. The number of hydrogen-bond donors (Lipinski definition) is 1. The van der Waals surface area contributed by atoms with Crippen molar-refractivity contribution in [1.29, 1.82) is 0 Å². The molecule has 2 heterocycles. The standard InChI is InChI=1S/C25H24N4O3S/c1-28(23(30)15-26-25(31)18-8-6-11-21(14-18)32-2)16-19-17-29(20-9-4-3-5-10-20)27-24(19)22-12-7-13-33-22/h3-14,17H,15-16H2,1-2H3,(H,26,31). The van der Waals surface area contributed by atoms with Crippen LogP contribution < -0.4 is 10.1 Å². The van der Waals surface area contributed by atoms with Crippen LogP contribution in [0.1, 0.15) is 15.9 Å². The average Bonchev–Trinajstić information content (AvgIpc) is 3.53. The van der Waals surface area contributed by atoms with E-state index in [1.54, 1.807) is 54.7 Å². The van der Waals surface area contributed by atoms with Crippen LogP contribution in [0.3, 0.4) is 0 Å². The van der Waals surface area contributed by atoms with E-state index in [-0.39, 0.29) is 18.4 Å². The zero-order valence-electron chi connectivity index (χ0n) is 18.4. The van der Waals surface area contributed by atoms with Gasteiger partial charge >= 0.3 is 0 Å². The normalized spacial score (nSPS) is 10.6. The third-order valence-corrected chi connectivity index (χ3v) is 6.01. The smallest absolute Gasteiger partial charge is 0.251 e. The molecule has 0 fully saturated rings. The Morgan fingerprint density at radius 1 is 1.09 bits per heavy atom. The highest BCUT2D eigenvalue weighted by Gasteiger charge is 2.18. The Morgan fingerprint density at radius 2 is 1.91 bits per heavy atom. The fourth-order valence-electron chi connectivity index (χ4n) is 3.36. The molecule has 2 aromatic heterocycles. The minimum atomic E-state index is -0.327. The lowest BCUT2D eigenvalue weighted by atomic mass is 10.2. The van der Waals surface area contributed by atoms with Gasteiger partial charge in [0.05, 0.1) is 24.2 Å². The number of rotatable bonds is 8. The van der Waals surface area contributed by atoms with Crippen LogP contribution in [0.15, 0.2) is 78.3 Å². The maximum absolute atomic E-state index is 12.7. The lowest BCUT2D eigenvalue weighted by molar-refractivity contribution is -0.129. The van der Waals surface area contributed by atoms with Gasteiger partial charge in [-0.2, -0.15) is 5.10 Å². The second kappa shape index (κ2) is 10.1. The molecule has 4 rings (SSSR count). The fraction of sp³-hybridized carbons (Fsp3) is 0.160. The zero-order chi connectivity index (χ0) is 23.2. The summed E-state index contributed by atoms with van der Waals surface area (Å²) in [5.41, 5.74) is 3.15. The molecule has 0 spiro atoms. The molecule has 0 radical (unpaired) electrons. The van der Waals surface area contributed by atoms with Crippen LogP contribution in [0.4, 0.5) is 0 Å². The number of amides is 2. The van der Waals surface area contributed by atoms with Gasteiger partial charge in [0.15, 0.2) is 0 Å². The number of likely N-dealkylation sites (N-methyl/N-ethyl adjacent to an activating group) is 1. The molecule has 33 heavy (non-hydrogen) atoms. The highest BCUT2D eigenvalue weighted by atomic mass is 32.1. The van der Waals surface area contributed by atoms with Crippen molar-refractivity contribution in [3.8, 4) is 22.0 Å². The molecule has 0 unspecified atom stereocenters. The Bertz CT molecular complexity index is 1240. The van der Waals surface area contributed by atoms with Gasteiger partial charge in [0.25, 0.3) is 5.91 Å². The van der Waals surface area contributed by atoms with Crippen molar-refractivity contribution >= 4 is 23.2 Å². The number of thiophene rings is 1. The van der Waals surface area contributed by atoms with Gasteiger partial charge in [-0.1, -0.05) is 30.3 Å². The third kappa shape index (κ3) is 5.30. The summed E-state index contributed by atoms with van der Waals surface area (Å²) in [4.78, 5) is 27.8. The molecule has 0 aliphatic heterocycles. The van der Waals surface area contributed by atoms with Crippen LogP contribution in [-0.4, -0.2) is 47.2 Å². The number of nitrogens with one attached hydrogen (secondary N) is 1. The molecule has 0 bridgehead atoms. The first kappa shape index (κ1) is 22.3. The van der Waals surface area contributed by atoms with Gasteiger partial charge < -0.3 is 15.0 Å². The fourth-order valence-corrected chi connectivity index (χ4v) is 4.10. The van der Waals surface area contributed by atoms with E-state index in [9.17, 15) is 9.59 Å². The molecule has 0 aliphatic rings. The van der Waals surface area contributed by atoms with Gasteiger partial charge in [-0.3, -0.25) is 9.59 Å². The number of carbonyl (C=O) groups is 2. The number of para-hydroxylation sites is 1. The first-order chi connectivity index (χ1) is 16.0. The van der Waals surface area contributed by atoms with E-state index < -0.39 is 0 Å². The van der Waals surface area contributed by atoms with E-state index in [4.69, 9.17) is 9.84 Å². The van der Waals surface area contributed by atoms with Crippen molar-refractivity contribution in [3.05, 3.63) is 89.4 Å². The van der Waals surface area contributed by atoms with Crippen molar-refractivity contribution in [2.24, 2.45) is 0 Å². The molecule has 1 N–H and O–H groups in total. The Kier molecular flexibility index (Phi) is 6.85. The summed E-state index contributed by atoms with van der Waals surface area (Å²) in [6.07, 6.45) is 1.95.